The van der Waals surface area contributed by atoms with E-state index in [2.05, 4.69) is 11.9 Å². The highest BCUT2D eigenvalue weighted by molar-refractivity contribution is 6.32. The van der Waals surface area contributed by atoms with Crippen LogP contribution < -0.4 is 4.74 Å². The van der Waals surface area contributed by atoms with Crippen LogP contribution in [0.25, 0.3) is 0 Å². The topological polar surface area (TPSA) is 29.5 Å². The molecule has 1 aliphatic heterocycles. The van der Waals surface area contributed by atoms with Crippen LogP contribution in [0, 0.1) is 12.8 Å². The number of likely N-dealkylation sites (N-methyl/N-ethyl adjacent to an activating group) is 1. The van der Waals surface area contributed by atoms with Gasteiger partial charge in [-0.25, -0.2) is 0 Å². The van der Waals surface area contributed by atoms with Crippen molar-refractivity contribution in [3.8, 4) is 5.75 Å². The van der Waals surface area contributed by atoms with E-state index in [0.717, 1.165) is 29.8 Å². The molecule has 2 aromatic carbocycles. The summed E-state index contributed by atoms with van der Waals surface area (Å²) in [6, 6.07) is 13.7. The maximum Gasteiger partial charge on any atom is 0.167 e. The molecule has 126 valence electrons. The van der Waals surface area contributed by atoms with Crippen LogP contribution in [0.15, 0.2) is 42.5 Å². The number of Topliss-reactive ketones (excluding diaryl/α,β-unsaturated/α-hetero) is 1. The second-order valence-corrected chi connectivity index (χ2v) is 6.97. The molecule has 1 saturated heterocycles. The molecule has 0 spiro atoms. The van der Waals surface area contributed by atoms with E-state index in [9.17, 15) is 4.79 Å². The fourth-order valence-corrected chi connectivity index (χ4v) is 3.72. The SMILES string of the molecule is COc1ccc([C@@H]2CN(C)C[C@@H]2C(=O)c2ccc(C)cc2)cc1Cl. The van der Waals surface area contributed by atoms with E-state index in [0.29, 0.717) is 10.8 Å². The standard InChI is InChI=1S/C20H22ClNO2/c1-13-4-6-14(7-5-13)20(23)17-12-22(2)11-16(17)15-8-9-19(24-3)18(21)10-15/h4-10,16-17H,11-12H2,1-3H3/t16-,17-/m0/s1. The Bertz CT molecular complexity index is 742. The molecule has 0 amide bonds. The zero-order valence-corrected chi connectivity index (χ0v) is 15.0. The Hall–Kier alpha value is -1.84. The first-order chi connectivity index (χ1) is 11.5. The summed E-state index contributed by atoms with van der Waals surface area (Å²) >= 11 is 6.28. The van der Waals surface area contributed by atoms with Crippen molar-refractivity contribution in [2.45, 2.75) is 12.8 Å². The lowest BCUT2D eigenvalue weighted by molar-refractivity contribution is 0.0915. The lowest BCUT2D eigenvalue weighted by Gasteiger charge is -2.19. The molecule has 0 N–H and O–H groups in total. The van der Waals surface area contributed by atoms with E-state index >= 15 is 0 Å². The first kappa shape index (κ1) is 17.0. The molecular formula is C20H22ClNO2. The Balaban J connectivity index is 1.90. The number of ether oxygens (including phenoxy) is 1. The summed E-state index contributed by atoms with van der Waals surface area (Å²) in [7, 11) is 3.66. The minimum Gasteiger partial charge on any atom is -0.495 e. The van der Waals surface area contributed by atoms with Gasteiger partial charge >= 0.3 is 0 Å². The van der Waals surface area contributed by atoms with Gasteiger partial charge in [-0.1, -0.05) is 47.5 Å². The molecule has 0 saturated carbocycles. The number of aryl methyl sites for hydroxylation is 1. The molecule has 0 bridgehead atoms. The molecule has 24 heavy (non-hydrogen) atoms. The highest BCUT2D eigenvalue weighted by atomic mass is 35.5. The summed E-state index contributed by atoms with van der Waals surface area (Å²) in [5.74, 6) is 0.957. The number of ketones is 1. The van der Waals surface area contributed by atoms with Crippen molar-refractivity contribution in [1.82, 2.24) is 4.90 Å². The second-order valence-electron chi connectivity index (χ2n) is 6.56. The number of halogens is 1. The number of carbonyl (C=O) groups is 1. The first-order valence-corrected chi connectivity index (χ1v) is 8.50. The van der Waals surface area contributed by atoms with Crippen molar-refractivity contribution in [3.05, 3.63) is 64.2 Å². The maximum atomic E-state index is 13.0. The Morgan fingerprint density at radius 3 is 2.50 bits per heavy atom. The Morgan fingerprint density at radius 2 is 1.88 bits per heavy atom. The number of likely N-dealkylation sites (tertiary alicyclic amines) is 1. The monoisotopic (exact) mass is 343 g/mol. The normalized spacial score (nSPS) is 21.0. The van der Waals surface area contributed by atoms with Crippen LogP contribution >= 0.6 is 11.6 Å². The van der Waals surface area contributed by atoms with Crippen LogP contribution in [0.1, 0.15) is 27.4 Å². The van der Waals surface area contributed by atoms with E-state index in [1.807, 2.05) is 49.4 Å². The van der Waals surface area contributed by atoms with Crippen molar-refractivity contribution < 1.29 is 9.53 Å². The van der Waals surface area contributed by atoms with Gasteiger partial charge in [0.15, 0.2) is 5.78 Å². The maximum absolute atomic E-state index is 13.0. The summed E-state index contributed by atoms with van der Waals surface area (Å²) in [6.45, 7) is 3.64. The predicted molar refractivity (Wildman–Crippen MR) is 97.2 cm³/mol. The molecule has 1 heterocycles. The first-order valence-electron chi connectivity index (χ1n) is 8.12. The van der Waals surface area contributed by atoms with Crippen molar-refractivity contribution in [2.75, 3.05) is 27.2 Å². The third-order valence-electron chi connectivity index (χ3n) is 4.78. The van der Waals surface area contributed by atoms with Crippen LogP contribution in [0.3, 0.4) is 0 Å². The molecule has 3 nitrogen and oxygen atoms in total. The van der Waals surface area contributed by atoms with E-state index in [4.69, 9.17) is 16.3 Å². The highest BCUT2D eigenvalue weighted by Crippen LogP contribution is 2.37. The fraction of sp³-hybridized carbons (Fsp3) is 0.350. The van der Waals surface area contributed by atoms with Crippen LogP contribution in [0.2, 0.25) is 5.02 Å². The van der Waals surface area contributed by atoms with E-state index < -0.39 is 0 Å². The zero-order valence-electron chi connectivity index (χ0n) is 14.3. The molecule has 0 aromatic heterocycles. The van der Waals surface area contributed by atoms with Gasteiger partial charge in [-0.2, -0.15) is 0 Å². The van der Waals surface area contributed by atoms with Gasteiger partial charge in [-0.3, -0.25) is 4.79 Å². The number of carbonyl (C=O) groups excluding carboxylic acids is 1. The fourth-order valence-electron chi connectivity index (χ4n) is 3.45. The van der Waals surface area contributed by atoms with Gasteiger partial charge in [0, 0.05) is 30.5 Å². The molecule has 0 unspecified atom stereocenters. The lowest BCUT2D eigenvalue weighted by Crippen LogP contribution is -2.22. The number of nitrogens with zero attached hydrogens (tertiary/aromatic N) is 1. The van der Waals surface area contributed by atoms with Gasteiger partial charge in [0.1, 0.15) is 5.75 Å². The molecule has 2 atom stereocenters. The lowest BCUT2D eigenvalue weighted by atomic mass is 9.83. The number of rotatable bonds is 4. The average molecular weight is 344 g/mol. The van der Waals surface area contributed by atoms with Gasteiger partial charge < -0.3 is 9.64 Å². The van der Waals surface area contributed by atoms with Crippen LogP contribution in [-0.2, 0) is 0 Å². The van der Waals surface area contributed by atoms with Crippen LogP contribution in [0.4, 0.5) is 0 Å². The zero-order chi connectivity index (χ0) is 17.3. The third-order valence-corrected chi connectivity index (χ3v) is 5.07. The molecular weight excluding hydrogens is 322 g/mol. The van der Waals surface area contributed by atoms with Crippen molar-refractivity contribution in [2.24, 2.45) is 5.92 Å². The van der Waals surface area contributed by atoms with Crippen molar-refractivity contribution in [3.63, 3.8) is 0 Å². The van der Waals surface area contributed by atoms with Gasteiger partial charge in [-0.15, -0.1) is 0 Å². The van der Waals surface area contributed by atoms with Crippen LogP contribution in [-0.4, -0.2) is 37.9 Å². The van der Waals surface area contributed by atoms with Gasteiger partial charge in [0.05, 0.1) is 12.1 Å². The Kier molecular flexibility index (Phi) is 4.93. The quantitative estimate of drug-likeness (QED) is 0.780. The summed E-state index contributed by atoms with van der Waals surface area (Å²) in [6.07, 6.45) is 0. The summed E-state index contributed by atoms with van der Waals surface area (Å²) in [5, 5.41) is 0.589. The largest absolute Gasteiger partial charge is 0.495 e. The molecule has 1 fully saturated rings. The summed E-state index contributed by atoms with van der Waals surface area (Å²) in [5.41, 5.74) is 3.04. The Morgan fingerprint density at radius 1 is 1.17 bits per heavy atom. The number of hydrogen-bond acceptors (Lipinski definition) is 3. The van der Waals surface area contributed by atoms with Crippen molar-refractivity contribution in [1.29, 1.82) is 0 Å². The number of hydrogen-bond donors (Lipinski definition) is 0. The molecule has 1 aliphatic rings. The third kappa shape index (κ3) is 3.33. The molecule has 0 radical (unpaired) electrons. The minimum absolute atomic E-state index is 0.0535. The molecule has 3 rings (SSSR count). The minimum atomic E-state index is -0.0535. The van der Waals surface area contributed by atoms with Crippen LogP contribution in [0.5, 0.6) is 5.75 Å². The van der Waals surface area contributed by atoms with E-state index in [1.165, 1.54) is 0 Å². The molecule has 4 heteroatoms. The summed E-state index contributed by atoms with van der Waals surface area (Å²) < 4.78 is 5.23. The van der Waals surface area contributed by atoms with Crippen molar-refractivity contribution >= 4 is 17.4 Å². The van der Waals surface area contributed by atoms with E-state index in [1.54, 1.807) is 7.11 Å². The smallest absolute Gasteiger partial charge is 0.167 e. The second kappa shape index (κ2) is 6.96. The molecule has 2 aromatic rings. The highest BCUT2D eigenvalue weighted by Gasteiger charge is 2.37. The average Bonchev–Trinajstić information content (AvgIpc) is 2.96. The predicted octanol–water partition coefficient (Wildman–Crippen LogP) is 4.19. The van der Waals surface area contributed by atoms with Gasteiger partial charge in [-0.05, 0) is 31.7 Å². The summed E-state index contributed by atoms with van der Waals surface area (Å²) in [4.78, 5) is 15.2. The van der Waals surface area contributed by atoms with Gasteiger partial charge in [0.25, 0.3) is 0 Å². The number of benzene rings is 2. The van der Waals surface area contributed by atoms with E-state index in [-0.39, 0.29) is 17.6 Å². The van der Waals surface area contributed by atoms with Gasteiger partial charge in [0.2, 0.25) is 0 Å². The Labute approximate surface area is 148 Å². The number of methoxy groups -OCH3 is 1. The molecule has 0 aliphatic carbocycles.